The van der Waals surface area contributed by atoms with Crippen LogP contribution in [0.4, 0.5) is 0 Å². The van der Waals surface area contributed by atoms with Gasteiger partial charge in [-0.3, -0.25) is 9.59 Å². The van der Waals surface area contributed by atoms with Crippen LogP contribution in [-0.2, 0) is 14.3 Å². The van der Waals surface area contributed by atoms with Crippen LogP contribution in [0.25, 0.3) is 0 Å². The highest BCUT2D eigenvalue weighted by molar-refractivity contribution is 5.83. The highest BCUT2D eigenvalue weighted by atomic mass is 16.5. The van der Waals surface area contributed by atoms with Gasteiger partial charge in [0.15, 0.2) is 0 Å². The number of rotatable bonds is 3. The number of hydrogen-bond donors (Lipinski definition) is 1. The van der Waals surface area contributed by atoms with Gasteiger partial charge < -0.3 is 15.4 Å². The maximum absolute atomic E-state index is 11.4. The van der Waals surface area contributed by atoms with Gasteiger partial charge in [-0.05, 0) is 13.3 Å². The molecule has 5 heteroatoms. The molecule has 1 aliphatic rings. The lowest BCUT2D eigenvalue weighted by Crippen LogP contribution is -2.46. The van der Waals surface area contributed by atoms with Crippen LogP contribution in [0.15, 0.2) is 0 Å². The van der Waals surface area contributed by atoms with E-state index in [1.807, 2.05) is 0 Å². The van der Waals surface area contributed by atoms with Gasteiger partial charge in [0, 0.05) is 19.0 Å². The average molecular weight is 200 g/mol. The second-order valence-corrected chi connectivity index (χ2v) is 3.37. The van der Waals surface area contributed by atoms with Crippen molar-refractivity contribution >= 4 is 11.9 Å². The second-order valence-electron chi connectivity index (χ2n) is 3.37. The van der Waals surface area contributed by atoms with E-state index in [-0.39, 0.29) is 24.5 Å². The van der Waals surface area contributed by atoms with Crippen molar-refractivity contribution in [1.29, 1.82) is 0 Å². The fourth-order valence-electron chi connectivity index (χ4n) is 1.43. The number of carbonyl (C=O) groups is 2. The smallest absolute Gasteiger partial charge is 0.325 e. The predicted octanol–water partition coefficient (Wildman–Crippen LogP) is -0.501. The highest BCUT2D eigenvalue weighted by Gasteiger charge is 2.25. The van der Waals surface area contributed by atoms with Crippen molar-refractivity contribution in [3.8, 4) is 0 Å². The Kier molecular flexibility index (Phi) is 3.88. The first kappa shape index (κ1) is 11.0. The highest BCUT2D eigenvalue weighted by Crippen LogP contribution is 2.09. The Morgan fingerprint density at radius 1 is 1.71 bits per heavy atom. The average Bonchev–Trinajstić information content (AvgIpc) is 2.10. The van der Waals surface area contributed by atoms with Crippen molar-refractivity contribution in [2.45, 2.75) is 25.8 Å². The minimum absolute atomic E-state index is 0.0547. The third-order valence-electron chi connectivity index (χ3n) is 2.18. The molecule has 0 radical (unpaired) electrons. The van der Waals surface area contributed by atoms with Crippen LogP contribution in [0.1, 0.15) is 19.8 Å². The molecule has 80 valence electrons. The van der Waals surface area contributed by atoms with E-state index in [9.17, 15) is 9.59 Å². The Morgan fingerprint density at radius 2 is 2.43 bits per heavy atom. The molecule has 1 heterocycles. The summed E-state index contributed by atoms with van der Waals surface area (Å²) in [6.07, 6.45) is 1.09. The molecule has 0 aromatic heterocycles. The summed E-state index contributed by atoms with van der Waals surface area (Å²) >= 11 is 0. The molecule has 0 spiro atoms. The van der Waals surface area contributed by atoms with E-state index in [1.165, 1.54) is 4.90 Å². The van der Waals surface area contributed by atoms with E-state index < -0.39 is 0 Å². The van der Waals surface area contributed by atoms with Crippen LogP contribution in [0, 0.1) is 0 Å². The number of likely N-dealkylation sites (tertiary alicyclic amines) is 1. The summed E-state index contributed by atoms with van der Waals surface area (Å²) in [5, 5.41) is 0. The first-order valence-electron chi connectivity index (χ1n) is 4.82. The lowest BCUT2D eigenvalue weighted by molar-refractivity contribution is -0.150. The Morgan fingerprint density at radius 3 is 3.00 bits per heavy atom. The second kappa shape index (κ2) is 4.95. The molecule has 1 amide bonds. The summed E-state index contributed by atoms with van der Waals surface area (Å²) in [6.45, 7) is 2.70. The summed E-state index contributed by atoms with van der Waals surface area (Å²) in [4.78, 5) is 24.0. The fourth-order valence-corrected chi connectivity index (χ4v) is 1.43. The summed E-state index contributed by atoms with van der Waals surface area (Å²) < 4.78 is 4.76. The van der Waals surface area contributed by atoms with Crippen molar-refractivity contribution < 1.29 is 14.3 Å². The third kappa shape index (κ3) is 2.99. The molecule has 1 aliphatic heterocycles. The van der Waals surface area contributed by atoms with Gasteiger partial charge in [-0.2, -0.15) is 0 Å². The van der Waals surface area contributed by atoms with Crippen molar-refractivity contribution in [3.63, 3.8) is 0 Å². The molecule has 0 saturated carbocycles. The predicted molar refractivity (Wildman–Crippen MR) is 50.4 cm³/mol. The SMILES string of the molecule is CCOC(=O)CN1CC[C@@H](N)CC1=O. The Bertz CT molecular complexity index is 230. The molecule has 2 N–H and O–H groups in total. The minimum Gasteiger partial charge on any atom is -0.465 e. The van der Waals surface area contributed by atoms with Crippen molar-refractivity contribution in [2.75, 3.05) is 19.7 Å². The first-order chi connectivity index (χ1) is 6.63. The quantitative estimate of drug-likeness (QED) is 0.623. The third-order valence-corrected chi connectivity index (χ3v) is 2.18. The van der Waals surface area contributed by atoms with Crippen LogP contribution in [0.3, 0.4) is 0 Å². The van der Waals surface area contributed by atoms with Gasteiger partial charge >= 0.3 is 5.97 Å². The topological polar surface area (TPSA) is 72.6 Å². The molecule has 5 nitrogen and oxygen atoms in total. The normalized spacial score (nSPS) is 22.3. The standard InChI is InChI=1S/C9H16N2O3/c1-2-14-9(13)6-11-4-3-7(10)5-8(11)12/h7H,2-6,10H2,1H3/t7-/m1/s1. The van der Waals surface area contributed by atoms with Gasteiger partial charge in [0.2, 0.25) is 5.91 Å². The van der Waals surface area contributed by atoms with Gasteiger partial charge in [0.1, 0.15) is 6.54 Å². The monoisotopic (exact) mass is 200 g/mol. The summed E-state index contributed by atoms with van der Waals surface area (Å²) in [6, 6.07) is -0.0547. The lowest BCUT2D eigenvalue weighted by atomic mass is 10.1. The van der Waals surface area contributed by atoms with Gasteiger partial charge in [-0.1, -0.05) is 0 Å². The molecule has 1 saturated heterocycles. The zero-order chi connectivity index (χ0) is 10.6. The Hall–Kier alpha value is -1.10. The van der Waals surface area contributed by atoms with Crippen LogP contribution >= 0.6 is 0 Å². The number of hydrogen-bond acceptors (Lipinski definition) is 4. The summed E-state index contributed by atoms with van der Waals surface area (Å²) in [5.41, 5.74) is 5.61. The van der Waals surface area contributed by atoms with E-state index in [0.717, 1.165) is 6.42 Å². The minimum atomic E-state index is -0.351. The maximum atomic E-state index is 11.4. The van der Waals surface area contributed by atoms with Crippen LogP contribution in [0.5, 0.6) is 0 Å². The number of ether oxygens (including phenoxy) is 1. The van der Waals surface area contributed by atoms with E-state index in [0.29, 0.717) is 19.6 Å². The summed E-state index contributed by atoms with van der Waals surface area (Å²) in [7, 11) is 0. The van der Waals surface area contributed by atoms with Crippen molar-refractivity contribution in [1.82, 2.24) is 4.90 Å². The molecule has 0 aliphatic carbocycles. The summed E-state index contributed by atoms with van der Waals surface area (Å²) in [5.74, 6) is -0.409. The largest absolute Gasteiger partial charge is 0.465 e. The number of nitrogens with two attached hydrogens (primary N) is 1. The molecule has 1 fully saturated rings. The molecule has 0 unspecified atom stereocenters. The van der Waals surface area contributed by atoms with Gasteiger partial charge in [0.05, 0.1) is 6.61 Å². The lowest BCUT2D eigenvalue weighted by Gasteiger charge is -2.28. The number of carbonyl (C=O) groups excluding carboxylic acids is 2. The number of esters is 1. The van der Waals surface area contributed by atoms with E-state index in [2.05, 4.69) is 0 Å². The first-order valence-corrected chi connectivity index (χ1v) is 4.82. The van der Waals surface area contributed by atoms with Gasteiger partial charge in [-0.25, -0.2) is 0 Å². The van der Waals surface area contributed by atoms with Crippen LogP contribution in [0.2, 0.25) is 0 Å². The van der Waals surface area contributed by atoms with Crippen LogP contribution < -0.4 is 5.73 Å². The molecule has 0 bridgehead atoms. The number of nitrogens with zero attached hydrogens (tertiary/aromatic N) is 1. The van der Waals surface area contributed by atoms with Gasteiger partial charge in [0.25, 0.3) is 0 Å². The molecule has 1 rings (SSSR count). The van der Waals surface area contributed by atoms with E-state index in [1.54, 1.807) is 6.92 Å². The van der Waals surface area contributed by atoms with Crippen molar-refractivity contribution in [3.05, 3.63) is 0 Å². The van der Waals surface area contributed by atoms with Crippen LogP contribution in [-0.4, -0.2) is 42.5 Å². The zero-order valence-electron chi connectivity index (χ0n) is 8.36. The maximum Gasteiger partial charge on any atom is 0.325 e. The number of amides is 1. The van der Waals surface area contributed by atoms with E-state index in [4.69, 9.17) is 10.5 Å². The molecular formula is C9H16N2O3. The Balaban J connectivity index is 2.37. The van der Waals surface area contributed by atoms with E-state index >= 15 is 0 Å². The molecular weight excluding hydrogens is 184 g/mol. The fraction of sp³-hybridized carbons (Fsp3) is 0.778. The Labute approximate surface area is 83.2 Å². The van der Waals surface area contributed by atoms with Crippen molar-refractivity contribution in [2.24, 2.45) is 5.73 Å². The zero-order valence-corrected chi connectivity index (χ0v) is 8.36. The number of piperidine rings is 1. The molecule has 1 atom stereocenters. The molecule has 0 aromatic carbocycles. The van der Waals surface area contributed by atoms with Gasteiger partial charge in [-0.15, -0.1) is 0 Å². The molecule has 0 aromatic rings. The molecule has 14 heavy (non-hydrogen) atoms.